The number of aliphatic carboxylic acids is 1. The Morgan fingerprint density at radius 3 is 2.37 bits per heavy atom. The summed E-state index contributed by atoms with van der Waals surface area (Å²) in [6.07, 6.45) is 2.11. The number of unbranched alkanes of at least 4 members (excludes halogenated alkanes) is 2. The number of hydrogen-bond donors (Lipinski definition) is 2. The molecule has 0 bridgehead atoms. The van der Waals surface area contributed by atoms with Crippen LogP contribution in [0.5, 0.6) is 0 Å². The molecular formula is C27H29N3O5. The zero-order chi connectivity index (χ0) is 24.8. The number of hydrogen-bond acceptors (Lipinski definition) is 5. The van der Waals surface area contributed by atoms with Gasteiger partial charge in [0.2, 0.25) is 5.91 Å². The van der Waals surface area contributed by atoms with E-state index >= 15 is 0 Å². The number of fused-ring (bicyclic) bond motifs is 3. The minimum Gasteiger partial charge on any atom is -0.480 e. The largest absolute Gasteiger partial charge is 0.480 e. The maximum absolute atomic E-state index is 13.2. The van der Waals surface area contributed by atoms with Crippen molar-refractivity contribution in [3.8, 4) is 17.2 Å². The van der Waals surface area contributed by atoms with Gasteiger partial charge in [0.1, 0.15) is 18.7 Å². The Labute approximate surface area is 204 Å². The second-order valence-corrected chi connectivity index (χ2v) is 8.95. The van der Waals surface area contributed by atoms with E-state index in [9.17, 15) is 19.5 Å². The molecule has 1 fully saturated rings. The Balaban J connectivity index is 1.43. The summed E-state index contributed by atoms with van der Waals surface area (Å²) in [6, 6.07) is 16.3. The predicted octanol–water partition coefficient (Wildman–Crippen LogP) is 4.05. The Kier molecular flexibility index (Phi) is 7.66. The SMILES string of the molecule is N#CCCCCC(NC(=O)OCC1c2ccccc2-c2ccccc21)C(=O)N1CCCC1C(=O)O. The molecule has 0 radical (unpaired) electrons. The van der Waals surface area contributed by atoms with Gasteiger partial charge in [0.05, 0.1) is 6.07 Å². The van der Waals surface area contributed by atoms with Gasteiger partial charge in [-0.05, 0) is 54.4 Å². The molecule has 1 aliphatic carbocycles. The number of carbonyl (C=O) groups is 3. The number of carbonyl (C=O) groups excluding carboxylic acids is 2. The van der Waals surface area contributed by atoms with Crippen LogP contribution in [0.3, 0.4) is 0 Å². The Morgan fingerprint density at radius 2 is 1.74 bits per heavy atom. The van der Waals surface area contributed by atoms with Crippen molar-refractivity contribution in [2.75, 3.05) is 13.2 Å². The first-order chi connectivity index (χ1) is 17.0. The standard InChI is InChI=1S/C27H29N3O5/c28-15-7-1-2-13-23(25(31)30-16-8-14-24(30)26(32)33)29-27(34)35-17-22-20-11-5-3-9-18(20)19-10-4-6-12-21(19)22/h3-6,9-12,22-24H,1-2,7-8,13-14,16-17H2,(H,29,34)(H,32,33). The van der Waals surface area contributed by atoms with Crippen LogP contribution < -0.4 is 5.32 Å². The maximum Gasteiger partial charge on any atom is 0.407 e. The van der Waals surface area contributed by atoms with Crippen LogP contribution in [-0.4, -0.2) is 53.2 Å². The van der Waals surface area contributed by atoms with Crippen molar-refractivity contribution in [3.05, 3.63) is 59.7 Å². The summed E-state index contributed by atoms with van der Waals surface area (Å²) in [4.78, 5) is 38.9. The molecule has 8 nitrogen and oxygen atoms in total. The van der Waals surface area contributed by atoms with E-state index in [4.69, 9.17) is 10.00 Å². The van der Waals surface area contributed by atoms with E-state index in [1.165, 1.54) is 4.90 Å². The van der Waals surface area contributed by atoms with Gasteiger partial charge >= 0.3 is 12.1 Å². The summed E-state index contributed by atoms with van der Waals surface area (Å²) in [5, 5.41) is 20.9. The van der Waals surface area contributed by atoms with E-state index in [2.05, 4.69) is 23.5 Å². The molecule has 0 spiro atoms. The molecule has 2 N–H and O–H groups in total. The molecule has 1 aliphatic heterocycles. The molecule has 1 heterocycles. The van der Waals surface area contributed by atoms with Gasteiger partial charge in [-0.2, -0.15) is 5.26 Å². The lowest BCUT2D eigenvalue weighted by molar-refractivity contribution is -0.149. The number of ether oxygens (including phenoxy) is 1. The summed E-state index contributed by atoms with van der Waals surface area (Å²) in [5.74, 6) is -1.56. The molecule has 4 rings (SSSR count). The number of nitriles is 1. The molecule has 2 aliphatic rings. The van der Waals surface area contributed by atoms with Gasteiger partial charge in [-0.1, -0.05) is 48.5 Å². The average Bonchev–Trinajstić information content (AvgIpc) is 3.48. The van der Waals surface area contributed by atoms with Crippen LogP contribution >= 0.6 is 0 Å². The fraction of sp³-hybridized carbons (Fsp3) is 0.407. The first-order valence-electron chi connectivity index (χ1n) is 12.0. The summed E-state index contributed by atoms with van der Waals surface area (Å²) < 4.78 is 5.60. The van der Waals surface area contributed by atoms with E-state index < -0.39 is 30.1 Å². The van der Waals surface area contributed by atoms with E-state index in [1.807, 2.05) is 36.4 Å². The first kappa shape index (κ1) is 24.3. The first-order valence-corrected chi connectivity index (χ1v) is 12.0. The van der Waals surface area contributed by atoms with Gasteiger partial charge in [0.15, 0.2) is 0 Å². The maximum atomic E-state index is 13.2. The highest BCUT2D eigenvalue weighted by Gasteiger charge is 2.38. The molecule has 2 amide bonds. The van der Waals surface area contributed by atoms with Crippen molar-refractivity contribution in [1.82, 2.24) is 10.2 Å². The third kappa shape index (κ3) is 5.29. The Morgan fingerprint density at radius 1 is 1.09 bits per heavy atom. The van der Waals surface area contributed by atoms with Crippen LogP contribution in [0, 0.1) is 11.3 Å². The van der Waals surface area contributed by atoms with Crippen molar-refractivity contribution in [2.24, 2.45) is 0 Å². The van der Waals surface area contributed by atoms with Crippen LogP contribution in [0.1, 0.15) is 55.6 Å². The van der Waals surface area contributed by atoms with Crippen LogP contribution in [0.15, 0.2) is 48.5 Å². The third-order valence-corrected chi connectivity index (χ3v) is 6.79. The van der Waals surface area contributed by atoms with Crippen molar-refractivity contribution in [3.63, 3.8) is 0 Å². The number of rotatable bonds is 9. The van der Waals surface area contributed by atoms with Gasteiger partial charge in [0.25, 0.3) is 0 Å². The van der Waals surface area contributed by atoms with Crippen LogP contribution in [-0.2, 0) is 14.3 Å². The lowest BCUT2D eigenvalue weighted by Gasteiger charge is -2.27. The fourth-order valence-electron chi connectivity index (χ4n) is 5.08. The number of nitrogens with zero attached hydrogens (tertiary/aromatic N) is 2. The molecule has 2 atom stereocenters. The van der Waals surface area contributed by atoms with Gasteiger partial charge in [-0.15, -0.1) is 0 Å². The molecule has 2 unspecified atom stereocenters. The van der Waals surface area contributed by atoms with Crippen LogP contribution in [0.25, 0.3) is 11.1 Å². The zero-order valence-electron chi connectivity index (χ0n) is 19.5. The number of alkyl carbamates (subject to hydrolysis) is 1. The molecule has 8 heteroatoms. The smallest absolute Gasteiger partial charge is 0.407 e. The molecule has 1 saturated heterocycles. The topological polar surface area (TPSA) is 120 Å². The number of likely N-dealkylation sites (tertiary alicyclic amines) is 1. The van der Waals surface area contributed by atoms with Crippen LogP contribution in [0.2, 0.25) is 0 Å². The van der Waals surface area contributed by atoms with Gasteiger partial charge in [-0.25, -0.2) is 9.59 Å². The number of benzene rings is 2. The fourth-order valence-corrected chi connectivity index (χ4v) is 5.08. The highest BCUT2D eigenvalue weighted by atomic mass is 16.5. The monoisotopic (exact) mass is 475 g/mol. The second kappa shape index (κ2) is 11.0. The zero-order valence-corrected chi connectivity index (χ0v) is 19.5. The minimum atomic E-state index is -1.04. The van der Waals surface area contributed by atoms with Crippen molar-refractivity contribution < 1.29 is 24.2 Å². The van der Waals surface area contributed by atoms with Gasteiger partial charge < -0.3 is 20.1 Å². The highest BCUT2D eigenvalue weighted by molar-refractivity contribution is 5.89. The Bertz CT molecular complexity index is 1100. The van der Waals surface area contributed by atoms with Crippen molar-refractivity contribution in [2.45, 2.75) is 56.5 Å². The van der Waals surface area contributed by atoms with E-state index in [0.717, 1.165) is 22.3 Å². The van der Waals surface area contributed by atoms with Gasteiger partial charge in [-0.3, -0.25) is 4.79 Å². The molecule has 2 aromatic rings. The third-order valence-electron chi connectivity index (χ3n) is 6.79. The molecular weight excluding hydrogens is 446 g/mol. The van der Waals surface area contributed by atoms with Crippen molar-refractivity contribution in [1.29, 1.82) is 5.26 Å². The summed E-state index contributed by atoms with van der Waals surface area (Å²) >= 11 is 0. The average molecular weight is 476 g/mol. The van der Waals surface area contributed by atoms with E-state index in [-0.39, 0.29) is 12.5 Å². The summed E-state index contributed by atoms with van der Waals surface area (Å²) in [6.45, 7) is 0.466. The number of carboxylic acid groups (broad SMARTS) is 1. The molecule has 35 heavy (non-hydrogen) atoms. The predicted molar refractivity (Wildman–Crippen MR) is 128 cm³/mol. The lowest BCUT2D eigenvalue weighted by atomic mass is 9.98. The van der Waals surface area contributed by atoms with Crippen LogP contribution in [0.4, 0.5) is 4.79 Å². The molecule has 0 aromatic heterocycles. The number of amides is 2. The van der Waals surface area contributed by atoms with Gasteiger partial charge in [0, 0.05) is 18.9 Å². The minimum absolute atomic E-state index is 0.104. The highest BCUT2D eigenvalue weighted by Crippen LogP contribution is 2.44. The molecule has 0 saturated carbocycles. The quantitative estimate of drug-likeness (QED) is 0.528. The normalized spacial score (nSPS) is 17.2. The summed E-state index contributed by atoms with van der Waals surface area (Å²) in [5.41, 5.74) is 4.42. The number of nitrogens with one attached hydrogen (secondary N) is 1. The Hall–Kier alpha value is -3.86. The molecule has 182 valence electrons. The second-order valence-electron chi connectivity index (χ2n) is 8.95. The summed E-state index contributed by atoms with van der Waals surface area (Å²) in [7, 11) is 0. The van der Waals surface area contributed by atoms with E-state index in [0.29, 0.717) is 45.1 Å². The van der Waals surface area contributed by atoms with E-state index in [1.54, 1.807) is 0 Å². The number of carboxylic acids is 1. The van der Waals surface area contributed by atoms with Crippen molar-refractivity contribution >= 4 is 18.0 Å². The lowest BCUT2D eigenvalue weighted by Crippen LogP contribution is -2.51. The molecule has 2 aromatic carbocycles.